The van der Waals surface area contributed by atoms with Gasteiger partial charge in [-0.05, 0) is 55.3 Å². The minimum Gasteiger partial charge on any atom is -0.508 e. The molecule has 5 heteroatoms. The van der Waals surface area contributed by atoms with E-state index in [-0.39, 0.29) is 16.9 Å². The van der Waals surface area contributed by atoms with E-state index < -0.39 is 5.91 Å². The van der Waals surface area contributed by atoms with Crippen molar-refractivity contribution < 1.29 is 14.3 Å². The summed E-state index contributed by atoms with van der Waals surface area (Å²) in [6.07, 6.45) is 0. The van der Waals surface area contributed by atoms with Crippen molar-refractivity contribution in [3.05, 3.63) is 64.7 Å². The Bertz CT molecular complexity index is 987. The maximum absolute atomic E-state index is 11.7. The summed E-state index contributed by atoms with van der Waals surface area (Å²) in [4.78, 5) is 16.1. The molecule has 23 heavy (non-hydrogen) atoms. The second kappa shape index (κ2) is 5.61. The predicted molar refractivity (Wildman–Crippen MR) is 87.5 cm³/mol. The van der Waals surface area contributed by atoms with Gasteiger partial charge in [0.2, 0.25) is 5.55 Å². The van der Waals surface area contributed by atoms with Crippen molar-refractivity contribution in [1.29, 1.82) is 0 Å². The molecule has 1 amide bonds. The minimum absolute atomic E-state index is 0.0743. The second-order valence-corrected chi connectivity index (χ2v) is 5.43. The topological polar surface area (TPSA) is 88.8 Å². The van der Waals surface area contributed by atoms with Crippen molar-refractivity contribution in [3.8, 4) is 5.75 Å². The molecule has 0 unspecified atom stereocenters. The fourth-order valence-corrected chi connectivity index (χ4v) is 2.28. The Hall–Kier alpha value is -3.08. The fraction of sp³-hybridized carbons (Fsp3) is 0.111. The van der Waals surface area contributed by atoms with Crippen LogP contribution in [0.25, 0.3) is 11.0 Å². The van der Waals surface area contributed by atoms with Crippen molar-refractivity contribution in [2.24, 2.45) is 10.7 Å². The minimum atomic E-state index is -0.619. The number of benzene rings is 2. The molecule has 0 radical (unpaired) electrons. The molecule has 0 aliphatic carbocycles. The van der Waals surface area contributed by atoms with Crippen LogP contribution in [0.15, 0.2) is 51.9 Å². The highest BCUT2D eigenvalue weighted by molar-refractivity contribution is 5.95. The molecule has 3 N–H and O–H groups in total. The number of amides is 1. The normalized spacial score (nSPS) is 11.8. The van der Waals surface area contributed by atoms with Crippen LogP contribution in [0.2, 0.25) is 0 Å². The number of primary amides is 1. The fourth-order valence-electron chi connectivity index (χ4n) is 2.28. The van der Waals surface area contributed by atoms with E-state index in [0.29, 0.717) is 16.7 Å². The number of fused-ring (bicyclic) bond motifs is 1. The van der Waals surface area contributed by atoms with Gasteiger partial charge in [-0.25, -0.2) is 4.99 Å². The average Bonchev–Trinajstić information content (AvgIpc) is 2.50. The van der Waals surface area contributed by atoms with Gasteiger partial charge < -0.3 is 15.3 Å². The summed E-state index contributed by atoms with van der Waals surface area (Å²) in [5.41, 5.74) is 9.09. The van der Waals surface area contributed by atoms with Crippen LogP contribution in [-0.2, 0) is 0 Å². The van der Waals surface area contributed by atoms with Gasteiger partial charge in [-0.15, -0.1) is 0 Å². The number of carbonyl (C=O) groups excluding carboxylic acids is 1. The van der Waals surface area contributed by atoms with Crippen LogP contribution in [0.1, 0.15) is 21.5 Å². The lowest BCUT2D eigenvalue weighted by molar-refractivity contribution is 0.0996. The summed E-state index contributed by atoms with van der Waals surface area (Å²) in [5, 5.41) is 10.2. The largest absolute Gasteiger partial charge is 0.508 e. The first kappa shape index (κ1) is 14.8. The molecule has 0 aliphatic heterocycles. The van der Waals surface area contributed by atoms with Crippen LogP contribution in [0.5, 0.6) is 5.75 Å². The third-order valence-corrected chi connectivity index (χ3v) is 3.72. The molecule has 0 aliphatic rings. The van der Waals surface area contributed by atoms with E-state index >= 15 is 0 Å². The molecular formula is C18H16N2O3. The summed E-state index contributed by atoms with van der Waals surface area (Å²) in [5.74, 6) is -0.545. The number of nitrogens with zero attached hydrogens (tertiary/aromatic N) is 1. The summed E-state index contributed by atoms with van der Waals surface area (Å²) in [6, 6.07) is 12.0. The quantitative estimate of drug-likeness (QED) is 0.762. The van der Waals surface area contributed by atoms with E-state index in [4.69, 9.17) is 10.2 Å². The van der Waals surface area contributed by atoms with Crippen LogP contribution in [0.3, 0.4) is 0 Å². The first-order valence-electron chi connectivity index (χ1n) is 7.13. The summed E-state index contributed by atoms with van der Waals surface area (Å²) >= 11 is 0. The lowest BCUT2D eigenvalue weighted by Gasteiger charge is -2.04. The van der Waals surface area contributed by atoms with Crippen LogP contribution < -0.4 is 11.3 Å². The molecule has 3 aromatic rings. The molecule has 116 valence electrons. The van der Waals surface area contributed by atoms with Gasteiger partial charge in [0.15, 0.2) is 0 Å². The number of rotatable bonds is 2. The summed E-state index contributed by atoms with van der Waals surface area (Å²) in [6.45, 7) is 4.00. The Kier molecular flexibility index (Phi) is 3.62. The molecule has 1 heterocycles. The van der Waals surface area contributed by atoms with Crippen molar-refractivity contribution in [2.45, 2.75) is 13.8 Å². The molecular weight excluding hydrogens is 292 g/mol. The Labute approximate surface area is 132 Å². The molecule has 0 fully saturated rings. The Balaban J connectivity index is 2.28. The number of aryl methyl sites for hydroxylation is 2. The predicted octanol–water partition coefficient (Wildman–Crippen LogP) is 3.09. The highest BCUT2D eigenvalue weighted by Crippen LogP contribution is 2.20. The van der Waals surface area contributed by atoms with Gasteiger partial charge >= 0.3 is 0 Å². The van der Waals surface area contributed by atoms with E-state index in [1.165, 1.54) is 12.1 Å². The molecule has 0 saturated carbocycles. The second-order valence-electron chi connectivity index (χ2n) is 5.43. The highest BCUT2D eigenvalue weighted by Gasteiger charge is 2.10. The number of hydrogen-bond acceptors (Lipinski definition) is 4. The monoisotopic (exact) mass is 308 g/mol. The molecule has 0 spiro atoms. The van der Waals surface area contributed by atoms with Gasteiger partial charge in [-0.2, -0.15) is 0 Å². The smallest absolute Gasteiger partial charge is 0.254 e. The first-order valence-corrected chi connectivity index (χ1v) is 7.13. The molecule has 3 rings (SSSR count). The van der Waals surface area contributed by atoms with Crippen molar-refractivity contribution in [2.75, 3.05) is 0 Å². The Morgan fingerprint density at radius 2 is 1.87 bits per heavy atom. The summed E-state index contributed by atoms with van der Waals surface area (Å²) in [7, 11) is 0. The van der Waals surface area contributed by atoms with Crippen molar-refractivity contribution in [1.82, 2.24) is 0 Å². The third-order valence-electron chi connectivity index (χ3n) is 3.72. The maximum Gasteiger partial charge on any atom is 0.254 e. The standard InChI is InChI=1S/C18H16N2O3/c1-10-3-5-13(7-11(10)2)20-18-15(17(19)22)8-12-4-6-14(21)9-16(12)23-18/h3-9,21H,1-2H3,(H2,19,22). The molecule has 1 aromatic heterocycles. The zero-order valence-electron chi connectivity index (χ0n) is 12.8. The lowest BCUT2D eigenvalue weighted by atomic mass is 10.1. The van der Waals surface area contributed by atoms with Gasteiger partial charge in [0.25, 0.3) is 5.91 Å². The Morgan fingerprint density at radius 3 is 2.57 bits per heavy atom. The molecule has 5 nitrogen and oxygen atoms in total. The number of nitrogens with two attached hydrogens (primary N) is 1. The van der Waals surface area contributed by atoms with Crippen molar-refractivity contribution in [3.63, 3.8) is 0 Å². The van der Waals surface area contributed by atoms with E-state index in [1.807, 2.05) is 32.0 Å². The SMILES string of the molecule is Cc1ccc(N=c2oc3cc(O)ccc3cc2C(N)=O)cc1C. The number of hydrogen-bond donors (Lipinski definition) is 2. The maximum atomic E-state index is 11.7. The number of aromatic hydroxyl groups is 1. The summed E-state index contributed by atoms with van der Waals surface area (Å²) < 4.78 is 5.68. The molecule has 0 atom stereocenters. The molecule has 0 saturated heterocycles. The van der Waals surface area contributed by atoms with E-state index in [9.17, 15) is 9.90 Å². The third kappa shape index (κ3) is 2.94. The van der Waals surface area contributed by atoms with E-state index in [0.717, 1.165) is 11.1 Å². The number of phenolic OH excluding ortho intramolecular Hbond substituents is 1. The van der Waals surface area contributed by atoms with E-state index in [1.54, 1.807) is 12.1 Å². The Morgan fingerprint density at radius 1 is 1.09 bits per heavy atom. The average molecular weight is 308 g/mol. The van der Waals surface area contributed by atoms with Crippen LogP contribution in [0, 0.1) is 13.8 Å². The number of carbonyl (C=O) groups is 1. The van der Waals surface area contributed by atoms with Crippen molar-refractivity contribution >= 4 is 22.6 Å². The van der Waals surface area contributed by atoms with Crippen LogP contribution in [-0.4, -0.2) is 11.0 Å². The van der Waals surface area contributed by atoms with Gasteiger partial charge in [0.05, 0.1) is 5.69 Å². The van der Waals surface area contributed by atoms with Gasteiger partial charge in [0.1, 0.15) is 16.9 Å². The zero-order chi connectivity index (χ0) is 16.6. The van der Waals surface area contributed by atoms with Crippen LogP contribution in [0.4, 0.5) is 5.69 Å². The molecule has 2 aromatic carbocycles. The van der Waals surface area contributed by atoms with E-state index in [2.05, 4.69) is 4.99 Å². The first-order chi connectivity index (χ1) is 10.9. The highest BCUT2D eigenvalue weighted by atomic mass is 16.3. The van der Waals surface area contributed by atoms with Gasteiger partial charge in [-0.1, -0.05) is 6.07 Å². The zero-order valence-corrected chi connectivity index (χ0v) is 12.8. The number of phenols is 1. The lowest BCUT2D eigenvalue weighted by Crippen LogP contribution is -2.21. The van der Waals surface area contributed by atoms with Gasteiger partial charge in [-0.3, -0.25) is 4.79 Å². The van der Waals surface area contributed by atoms with Crippen LogP contribution >= 0.6 is 0 Å². The van der Waals surface area contributed by atoms with Gasteiger partial charge in [0, 0.05) is 11.5 Å². The molecule has 0 bridgehead atoms.